The number of allylic oxidation sites excluding steroid dienone is 1. The van der Waals surface area contributed by atoms with Crippen molar-refractivity contribution in [1.29, 1.82) is 0 Å². The van der Waals surface area contributed by atoms with Gasteiger partial charge in [-0.3, -0.25) is 0 Å². The minimum absolute atomic E-state index is 0.194. The van der Waals surface area contributed by atoms with Crippen LogP contribution in [-0.2, 0) is 9.53 Å². The molecule has 1 saturated heterocycles. The van der Waals surface area contributed by atoms with Crippen LogP contribution in [0.1, 0.15) is 12.5 Å². The van der Waals surface area contributed by atoms with Gasteiger partial charge in [0.2, 0.25) is 0 Å². The molecule has 0 radical (unpaired) electrons. The Bertz CT molecular complexity index is 503. The van der Waals surface area contributed by atoms with Crippen molar-refractivity contribution in [2.75, 3.05) is 20.3 Å². The van der Waals surface area contributed by atoms with E-state index in [2.05, 4.69) is 0 Å². The Morgan fingerprint density at radius 2 is 2.32 bits per heavy atom. The van der Waals surface area contributed by atoms with Gasteiger partial charge in [-0.05, 0) is 24.6 Å². The normalized spacial score (nSPS) is 18.0. The van der Waals surface area contributed by atoms with E-state index >= 15 is 0 Å². The van der Waals surface area contributed by atoms with Gasteiger partial charge in [-0.25, -0.2) is 4.79 Å². The number of rotatable bonds is 6. The quantitative estimate of drug-likeness (QED) is 0.628. The van der Waals surface area contributed by atoms with Crippen molar-refractivity contribution < 1.29 is 24.1 Å². The molecular weight excluding hydrogens is 248 g/mol. The number of hydrogen-bond donors (Lipinski definition) is 1. The third-order valence-corrected chi connectivity index (χ3v) is 2.78. The minimum Gasteiger partial charge on any atom is -0.496 e. The molecule has 0 amide bonds. The number of epoxide rings is 1. The number of carboxylic acid groups (broad SMARTS) is 1. The molecule has 5 heteroatoms. The number of ether oxygens (including phenoxy) is 3. The first kappa shape index (κ1) is 13.4. The number of benzene rings is 1. The number of carboxylic acids is 1. The lowest BCUT2D eigenvalue weighted by molar-refractivity contribution is -0.131. The fourth-order valence-electron chi connectivity index (χ4n) is 1.70. The molecule has 1 unspecified atom stereocenters. The first-order valence-corrected chi connectivity index (χ1v) is 5.94. The van der Waals surface area contributed by atoms with Gasteiger partial charge < -0.3 is 19.3 Å². The van der Waals surface area contributed by atoms with Crippen LogP contribution in [0.25, 0.3) is 5.57 Å². The summed E-state index contributed by atoms with van der Waals surface area (Å²) in [6, 6.07) is 5.33. The van der Waals surface area contributed by atoms with Crippen LogP contribution in [0.3, 0.4) is 0 Å². The largest absolute Gasteiger partial charge is 0.496 e. The molecule has 102 valence electrons. The van der Waals surface area contributed by atoms with Crippen molar-refractivity contribution in [3.8, 4) is 11.5 Å². The lowest BCUT2D eigenvalue weighted by atomic mass is 10.1. The van der Waals surface area contributed by atoms with E-state index in [1.165, 1.54) is 0 Å². The van der Waals surface area contributed by atoms with Gasteiger partial charge in [0.25, 0.3) is 0 Å². The molecule has 19 heavy (non-hydrogen) atoms. The Hall–Kier alpha value is -2.01. The van der Waals surface area contributed by atoms with Crippen LogP contribution in [0.15, 0.2) is 24.3 Å². The second kappa shape index (κ2) is 5.75. The molecule has 5 nitrogen and oxygen atoms in total. The first-order chi connectivity index (χ1) is 9.10. The molecule has 1 N–H and O–H groups in total. The van der Waals surface area contributed by atoms with E-state index in [0.29, 0.717) is 23.7 Å². The topological polar surface area (TPSA) is 68.3 Å². The Labute approximate surface area is 111 Å². The lowest BCUT2D eigenvalue weighted by Crippen LogP contribution is -2.04. The van der Waals surface area contributed by atoms with Gasteiger partial charge in [-0.2, -0.15) is 0 Å². The van der Waals surface area contributed by atoms with Crippen molar-refractivity contribution in [2.45, 2.75) is 13.0 Å². The highest BCUT2D eigenvalue weighted by molar-refractivity contribution is 5.90. The number of hydrogen-bond acceptors (Lipinski definition) is 4. The fraction of sp³-hybridized carbons (Fsp3) is 0.357. The third-order valence-electron chi connectivity index (χ3n) is 2.78. The van der Waals surface area contributed by atoms with Crippen molar-refractivity contribution in [3.63, 3.8) is 0 Å². The molecule has 0 spiro atoms. The summed E-state index contributed by atoms with van der Waals surface area (Å²) in [6.07, 6.45) is 1.34. The molecule has 0 bridgehead atoms. The summed E-state index contributed by atoms with van der Waals surface area (Å²) in [5.74, 6) is 0.286. The van der Waals surface area contributed by atoms with E-state index in [0.717, 1.165) is 18.2 Å². The van der Waals surface area contributed by atoms with E-state index in [9.17, 15) is 4.79 Å². The van der Waals surface area contributed by atoms with Gasteiger partial charge in [0.1, 0.15) is 24.2 Å². The number of aliphatic carboxylic acids is 1. The van der Waals surface area contributed by atoms with Gasteiger partial charge in [0.15, 0.2) is 0 Å². The van der Waals surface area contributed by atoms with Crippen LogP contribution in [0.5, 0.6) is 11.5 Å². The maximum absolute atomic E-state index is 10.7. The predicted molar refractivity (Wildman–Crippen MR) is 69.5 cm³/mol. The molecule has 0 aromatic heterocycles. The second-order valence-corrected chi connectivity index (χ2v) is 4.29. The van der Waals surface area contributed by atoms with Crippen LogP contribution in [-0.4, -0.2) is 37.5 Å². The van der Waals surface area contributed by atoms with Crippen LogP contribution < -0.4 is 9.47 Å². The highest BCUT2D eigenvalue weighted by Crippen LogP contribution is 2.30. The minimum atomic E-state index is -0.981. The second-order valence-electron chi connectivity index (χ2n) is 4.29. The zero-order chi connectivity index (χ0) is 13.8. The van der Waals surface area contributed by atoms with Crippen molar-refractivity contribution in [3.05, 3.63) is 29.8 Å². The number of methoxy groups -OCH3 is 1. The number of carbonyl (C=O) groups is 1. The predicted octanol–water partition coefficient (Wildman–Crippen LogP) is 1.96. The summed E-state index contributed by atoms with van der Waals surface area (Å²) < 4.78 is 15.9. The Balaban J connectivity index is 2.17. The average Bonchev–Trinajstić information content (AvgIpc) is 3.19. The molecule has 1 atom stereocenters. The summed E-state index contributed by atoms with van der Waals surface area (Å²) in [5, 5.41) is 8.76. The van der Waals surface area contributed by atoms with Crippen LogP contribution in [0.4, 0.5) is 0 Å². The molecule has 1 aromatic carbocycles. The fourth-order valence-corrected chi connectivity index (χ4v) is 1.70. The van der Waals surface area contributed by atoms with E-state index in [1.807, 2.05) is 0 Å². The highest BCUT2D eigenvalue weighted by atomic mass is 16.6. The highest BCUT2D eigenvalue weighted by Gasteiger charge is 2.23. The van der Waals surface area contributed by atoms with Crippen molar-refractivity contribution in [1.82, 2.24) is 0 Å². The van der Waals surface area contributed by atoms with E-state index in [1.54, 1.807) is 32.2 Å². The Kier molecular flexibility index (Phi) is 4.06. The molecule has 2 rings (SSSR count). The molecule has 1 aliphatic heterocycles. The first-order valence-electron chi connectivity index (χ1n) is 5.94. The third kappa shape index (κ3) is 3.72. The van der Waals surface area contributed by atoms with Crippen LogP contribution in [0.2, 0.25) is 0 Å². The molecule has 1 aromatic rings. The maximum atomic E-state index is 10.7. The van der Waals surface area contributed by atoms with E-state index < -0.39 is 5.97 Å². The van der Waals surface area contributed by atoms with Crippen molar-refractivity contribution >= 4 is 11.5 Å². The van der Waals surface area contributed by atoms with Crippen LogP contribution in [0, 0.1) is 0 Å². The molecule has 1 fully saturated rings. The van der Waals surface area contributed by atoms with Gasteiger partial charge in [0.05, 0.1) is 13.7 Å². The van der Waals surface area contributed by atoms with Gasteiger partial charge in [-0.1, -0.05) is 0 Å². The molecule has 1 heterocycles. The Morgan fingerprint density at radius 3 is 2.89 bits per heavy atom. The zero-order valence-electron chi connectivity index (χ0n) is 10.9. The molecular formula is C14H16O5. The van der Waals surface area contributed by atoms with E-state index in [-0.39, 0.29) is 6.10 Å². The van der Waals surface area contributed by atoms with Crippen molar-refractivity contribution in [2.24, 2.45) is 0 Å². The molecule has 1 aliphatic rings. The van der Waals surface area contributed by atoms with Gasteiger partial charge in [0, 0.05) is 17.7 Å². The summed E-state index contributed by atoms with van der Waals surface area (Å²) in [6.45, 7) is 2.99. The lowest BCUT2D eigenvalue weighted by Gasteiger charge is -2.11. The average molecular weight is 264 g/mol. The summed E-state index contributed by atoms with van der Waals surface area (Å²) >= 11 is 0. The standard InChI is InChI=1S/C14H16O5/c1-9(5-14(15)16)12-4-3-10(6-13(12)17-2)18-7-11-8-19-11/h3-6,11H,7-8H2,1-2H3,(H,15,16)/b9-5-. The van der Waals surface area contributed by atoms with Gasteiger partial charge in [-0.15, -0.1) is 0 Å². The smallest absolute Gasteiger partial charge is 0.328 e. The summed E-state index contributed by atoms with van der Waals surface area (Å²) in [5.41, 5.74) is 1.36. The van der Waals surface area contributed by atoms with E-state index in [4.69, 9.17) is 19.3 Å². The molecule has 0 saturated carbocycles. The summed E-state index contributed by atoms with van der Waals surface area (Å²) in [4.78, 5) is 10.7. The zero-order valence-corrected chi connectivity index (χ0v) is 10.9. The SMILES string of the molecule is COc1cc(OCC2CO2)ccc1/C(C)=C\C(=O)O. The van der Waals surface area contributed by atoms with Crippen LogP contribution >= 0.6 is 0 Å². The molecule has 0 aliphatic carbocycles. The Morgan fingerprint density at radius 1 is 1.58 bits per heavy atom. The summed E-state index contributed by atoms with van der Waals surface area (Å²) in [7, 11) is 1.54. The van der Waals surface area contributed by atoms with Gasteiger partial charge >= 0.3 is 5.97 Å². The monoisotopic (exact) mass is 264 g/mol. The maximum Gasteiger partial charge on any atom is 0.328 e.